The number of hydrogen-bond donors (Lipinski definition) is 0. The topological polar surface area (TPSA) is 22.2 Å². The molecule has 262 valence electrons. The summed E-state index contributed by atoms with van der Waals surface area (Å²) in [6.07, 6.45) is 0. The second-order valence-corrected chi connectivity index (χ2v) is 14.4. The van der Waals surface area contributed by atoms with E-state index in [4.69, 9.17) is 5.10 Å². The standard InChI is InChI=1S/C53H35N3/c1-6-18-36(19-7-1)45-32-41-34-49(38-22-10-3-11-23-38)56-53(47(41)35-46(45)37-20-8-2-9-21-37)51(52(54-56)39-24-12-4-13-25-39)40-30-31-44-43-28-16-17-29-48(43)55(50(44)33-40)42-26-14-5-15-27-42/h1-35H. The zero-order chi connectivity index (χ0) is 37.0. The fourth-order valence-electron chi connectivity index (χ4n) is 8.57. The van der Waals surface area contributed by atoms with Crippen molar-refractivity contribution in [2.24, 2.45) is 0 Å². The number of rotatable bonds is 6. The van der Waals surface area contributed by atoms with Crippen molar-refractivity contribution >= 4 is 38.1 Å². The summed E-state index contributed by atoms with van der Waals surface area (Å²) in [7, 11) is 0. The molecular weight excluding hydrogens is 679 g/mol. The van der Waals surface area contributed by atoms with Crippen LogP contribution in [0.5, 0.6) is 0 Å². The van der Waals surface area contributed by atoms with Crippen molar-refractivity contribution in [1.82, 2.24) is 14.2 Å². The Balaban J connectivity index is 1.31. The summed E-state index contributed by atoms with van der Waals surface area (Å²) in [5.74, 6) is 0. The van der Waals surface area contributed by atoms with Crippen LogP contribution < -0.4 is 0 Å². The Morgan fingerprint density at radius 3 is 1.55 bits per heavy atom. The average Bonchev–Trinajstić information content (AvgIpc) is 3.84. The van der Waals surface area contributed by atoms with E-state index in [2.05, 4.69) is 221 Å². The summed E-state index contributed by atoms with van der Waals surface area (Å²) < 4.78 is 4.60. The van der Waals surface area contributed by atoms with E-state index < -0.39 is 0 Å². The summed E-state index contributed by atoms with van der Waals surface area (Å²) in [5.41, 5.74) is 15.7. The normalized spacial score (nSPS) is 11.6. The molecule has 0 aliphatic carbocycles. The Kier molecular flexibility index (Phi) is 7.49. The summed E-state index contributed by atoms with van der Waals surface area (Å²) in [6, 6.07) is 76.3. The van der Waals surface area contributed by atoms with Gasteiger partial charge in [-0.2, -0.15) is 5.10 Å². The smallest absolute Gasteiger partial charge is 0.101 e. The van der Waals surface area contributed by atoms with E-state index in [1.165, 1.54) is 38.5 Å². The predicted octanol–water partition coefficient (Wildman–Crippen LogP) is 13.9. The Labute approximate surface area is 325 Å². The van der Waals surface area contributed by atoms with E-state index in [0.29, 0.717) is 0 Å². The van der Waals surface area contributed by atoms with Crippen LogP contribution in [0, 0.1) is 0 Å². The maximum absolute atomic E-state index is 5.58. The lowest BCUT2D eigenvalue weighted by atomic mass is 9.89. The lowest BCUT2D eigenvalue weighted by Crippen LogP contribution is -1.97. The molecule has 3 heterocycles. The number of para-hydroxylation sites is 2. The van der Waals surface area contributed by atoms with Gasteiger partial charge in [-0.15, -0.1) is 0 Å². The summed E-state index contributed by atoms with van der Waals surface area (Å²) in [4.78, 5) is 0. The number of fused-ring (bicyclic) bond motifs is 6. The highest BCUT2D eigenvalue weighted by Crippen LogP contribution is 2.45. The highest BCUT2D eigenvalue weighted by molar-refractivity contribution is 6.14. The quantitative estimate of drug-likeness (QED) is 0.168. The molecule has 0 aliphatic rings. The van der Waals surface area contributed by atoms with Gasteiger partial charge in [-0.25, -0.2) is 4.52 Å². The van der Waals surface area contributed by atoms with E-state index >= 15 is 0 Å². The maximum atomic E-state index is 5.58. The van der Waals surface area contributed by atoms with Gasteiger partial charge in [0.15, 0.2) is 0 Å². The summed E-state index contributed by atoms with van der Waals surface area (Å²) in [6.45, 7) is 0. The first-order valence-corrected chi connectivity index (χ1v) is 19.1. The lowest BCUT2D eigenvalue weighted by molar-refractivity contribution is 0.979. The summed E-state index contributed by atoms with van der Waals surface area (Å²) in [5, 5.41) is 10.4. The fourth-order valence-corrected chi connectivity index (χ4v) is 8.57. The van der Waals surface area contributed by atoms with Gasteiger partial charge in [0.05, 0.1) is 22.2 Å². The maximum Gasteiger partial charge on any atom is 0.101 e. The van der Waals surface area contributed by atoms with Crippen molar-refractivity contribution in [3.63, 3.8) is 0 Å². The molecule has 3 heteroatoms. The minimum absolute atomic E-state index is 0.949. The second kappa shape index (κ2) is 13.1. The molecule has 0 unspecified atom stereocenters. The Morgan fingerprint density at radius 1 is 0.357 bits per heavy atom. The molecular formula is C53H35N3. The summed E-state index contributed by atoms with van der Waals surface area (Å²) >= 11 is 0. The van der Waals surface area contributed by atoms with Crippen LogP contribution in [0.1, 0.15) is 0 Å². The van der Waals surface area contributed by atoms with Crippen molar-refractivity contribution in [2.75, 3.05) is 0 Å². The number of hydrogen-bond acceptors (Lipinski definition) is 1. The molecule has 8 aromatic carbocycles. The second-order valence-electron chi connectivity index (χ2n) is 14.4. The SMILES string of the molecule is c1ccc(-c2cc3cc(-c4ccccc4)n4nc(-c5ccccc5)c(-c5ccc6c7ccccc7n(-c7ccccc7)c6c5)c4c3cc2-c2ccccc2)cc1. The van der Waals surface area contributed by atoms with Crippen LogP contribution in [0.15, 0.2) is 212 Å². The third kappa shape index (κ3) is 5.17. The minimum atomic E-state index is 0.949. The number of aromatic nitrogens is 3. The Morgan fingerprint density at radius 2 is 0.893 bits per heavy atom. The van der Waals surface area contributed by atoms with Gasteiger partial charge in [-0.3, -0.25) is 0 Å². The van der Waals surface area contributed by atoms with Crippen molar-refractivity contribution in [3.8, 4) is 61.6 Å². The van der Waals surface area contributed by atoms with Crippen molar-refractivity contribution in [3.05, 3.63) is 212 Å². The molecule has 11 rings (SSSR count). The molecule has 11 aromatic rings. The highest BCUT2D eigenvalue weighted by Gasteiger charge is 2.24. The molecule has 0 N–H and O–H groups in total. The molecule has 0 radical (unpaired) electrons. The first-order chi connectivity index (χ1) is 27.8. The van der Waals surface area contributed by atoms with Crippen LogP contribution in [-0.4, -0.2) is 14.2 Å². The third-order valence-electron chi connectivity index (χ3n) is 11.1. The molecule has 0 aliphatic heterocycles. The number of benzene rings is 8. The number of nitrogens with zero attached hydrogens (tertiary/aromatic N) is 3. The van der Waals surface area contributed by atoms with Gasteiger partial charge < -0.3 is 4.57 Å². The van der Waals surface area contributed by atoms with Gasteiger partial charge in [0.2, 0.25) is 0 Å². The van der Waals surface area contributed by atoms with Crippen LogP contribution in [0.2, 0.25) is 0 Å². The van der Waals surface area contributed by atoms with E-state index in [1.807, 2.05) is 0 Å². The first-order valence-electron chi connectivity index (χ1n) is 19.1. The van der Waals surface area contributed by atoms with Crippen LogP contribution in [0.25, 0.3) is 99.7 Å². The van der Waals surface area contributed by atoms with Gasteiger partial charge in [0.1, 0.15) is 5.69 Å². The highest BCUT2D eigenvalue weighted by atomic mass is 15.2. The molecule has 56 heavy (non-hydrogen) atoms. The molecule has 0 fully saturated rings. The number of pyridine rings is 1. The molecule has 0 bridgehead atoms. The van der Waals surface area contributed by atoms with Crippen molar-refractivity contribution in [2.45, 2.75) is 0 Å². The van der Waals surface area contributed by atoms with E-state index in [1.54, 1.807) is 0 Å². The van der Waals surface area contributed by atoms with Gasteiger partial charge in [-0.1, -0.05) is 170 Å². The van der Waals surface area contributed by atoms with Crippen LogP contribution >= 0.6 is 0 Å². The lowest BCUT2D eigenvalue weighted by Gasteiger charge is -2.16. The molecule has 0 atom stereocenters. The van der Waals surface area contributed by atoms with Gasteiger partial charge in [-0.05, 0) is 75.7 Å². The van der Waals surface area contributed by atoms with E-state index in [0.717, 1.165) is 61.1 Å². The molecule has 0 spiro atoms. The zero-order valence-corrected chi connectivity index (χ0v) is 30.5. The van der Waals surface area contributed by atoms with E-state index in [9.17, 15) is 0 Å². The van der Waals surface area contributed by atoms with Gasteiger partial charge in [0.25, 0.3) is 0 Å². The Hall–Kier alpha value is -7.49. The van der Waals surface area contributed by atoms with Crippen molar-refractivity contribution in [1.29, 1.82) is 0 Å². The molecule has 0 saturated heterocycles. The predicted molar refractivity (Wildman–Crippen MR) is 234 cm³/mol. The van der Waals surface area contributed by atoms with Gasteiger partial charge >= 0.3 is 0 Å². The molecule has 0 amide bonds. The van der Waals surface area contributed by atoms with Crippen molar-refractivity contribution < 1.29 is 0 Å². The van der Waals surface area contributed by atoms with Gasteiger partial charge in [0, 0.05) is 38.5 Å². The minimum Gasteiger partial charge on any atom is -0.309 e. The molecule has 3 aromatic heterocycles. The molecule has 0 saturated carbocycles. The largest absolute Gasteiger partial charge is 0.309 e. The van der Waals surface area contributed by atoms with E-state index in [-0.39, 0.29) is 0 Å². The van der Waals surface area contributed by atoms with Crippen LogP contribution in [0.3, 0.4) is 0 Å². The van der Waals surface area contributed by atoms with Crippen LogP contribution in [-0.2, 0) is 0 Å². The molecule has 3 nitrogen and oxygen atoms in total. The zero-order valence-electron chi connectivity index (χ0n) is 30.5. The van der Waals surface area contributed by atoms with Crippen LogP contribution in [0.4, 0.5) is 0 Å². The first kappa shape index (κ1) is 32.0. The third-order valence-corrected chi connectivity index (χ3v) is 11.1. The fraction of sp³-hybridized carbons (Fsp3) is 0. The Bertz CT molecular complexity index is 3200. The monoisotopic (exact) mass is 713 g/mol. The average molecular weight is 714 g/mol.